The number of hydrogen-bond acceptors (Lipinski definition) is 3. The van der Waals surface area contributed by atoms with Crippen LogP contribution >= 0.6 is 0 Å². The summed E-state index contributed by atoms with van der Waals surface area (Å²) in [5.41, 5.74) is 0. The van der Waals surface area contributed by atoms with E-state index in [1.54, 1.807) is 0 Å². The zero-order chi connectivity index (χ0) is 8.69. The fourth-order valence-corrected chi connectivity index (χ4v) is 0.895. The molecule has 1 fully saturated rings. The molecule has 0 N–H and O–H groups in total. The number of methoxy groups -OCH3 is 1. The molecule has 0 bridgehead atoms. The Morgan fingerprint density at radius 3 is 2.55 bits per heavy atom. The van der Waals surface area contributed by atoms with Crippen LogP contribution in [0.1, 0.15) is 26.7 Å². The Morgan fingerprint density at radius 1 is 1.55 bits per heavy atom. The molecule has 1 aliphatic heterocycles. The Kier molecular flexibility index (Phi) is 5.84. The van der Waals surface area contributed by atoms with E-state index < -0.39 is 0 Å². The van der Waals surface area contributed by atoms with Crippen LogP contribution in [-0.4, -0.2) is 25.8 Å². The topological polar surface area (TPSA) is 35.5 Å². The number of rotatable bonds is 1. The fourth-order valence-electron chi connectivity index (χ4n) is 0.895. The number of carbonyl (C=O) groups excluding carboxylic acids is 1. The van der Waals surface area contributed by atoms with Gasteiger partial charge < -0.3 is 9.47 Å². The highest BCUT2D eigenvalue weighted by molar-refractivity contribution is 5.74. The Bertz CT molecular complexity index is 106. The van der Waals surface area contributed by atoms with Crippen LogP contribution in [0, 0.1) is 0 Å². The van der Waals surface area contributed by atoms with Crippen LogP contribution < -0.4 is 0 Å². The Hall–Kier alpha value is -0.570. The zero-order valence-electron chi connectivity index (χ0n) is 7.42. The van der Waals surface area contributed by atoms with Crippen molar-refractivity contribution in [2.45, 2.75) is 32.8 Å². The number of ether oxygens (including phenoxy) is 2. The molecule has 0 aliphatic carbocycles. The van der Waals surface area contributed by atoms with E-state index in [1.165, 1.54) is 7.11 Å². The van der Waals surface area contributed by atoms with Crippen LogP contribution in [0.4, 0.5) is 0 Å². The first-order valence-electron chi connectivity index (χ1n) is 4.04. The number of carbonyl (C=O) groups is 1. The van der Waals surface area contributed by atoms with Crippen LogP contribution in [0.3, 0.4) is 0 Å². The van der Waals surface area contributed by atoms with Gasteiger partial charge in [0.1, 0.15) is 0 Å². The highest BCUT2D eigenvalue weighted by Crippen LogP contribution is 2.12. The highest BCUT2D eigenvalue weighted by Gasteiger charge is 2.23. The Morgan fingerprint density at radius 2 is 2.18 bits per heavy atom. The summed E-state index contributed by atoms with van der Waals surface area (Å²) in [7, 11) is 1.38. The van der Waals surface area contributed by atoms with Crippen LogP contribution in [0.25, 0.3) is 0 Å². The molecule has 3 heteroatoms. The van der Waals surface area contributed by atoms with Gasteiger partial charge in [0.25, 0.3) is 0 Å². The van der Waals surface area contributed by atoms with Gasteiger partial charge >= 0.3 is 5.97 Å². The maximum absolute atomic E-state index is 10.7. The summed E-state index contributed by atoms with van der Waals surface area (Å²) < 4.78 is 9.50. The van der Waals surface area contributed by atoms with Crippen molar-refractivity contribution in [3.8, 4) is 0 Å². The molecule has 0 radical (unpaired) electrons. The first kappa shape index (κ1) is 10.4. The Labute approximate surface area is 67.7 Å². The molecule has 66 valence electrons. The minimum absolute atomic E-state index is 0.243. The SMILES string of the molecule is CC.COC(=O)C1CCCO1. The van der Waals surface area contributed by atoms with Gasteiger partial charge in [-0.05, 0) is 12.8 Å². The second kappa shape index (κ2) is 6.16. The lowest BCUT2D eigenvalue weighted by atomic mass is 10.2. The molecule has 0 aromatic heterocycles. The molecule has 0 aromatic rings. The van der Waals surface area contributed by atoms with Gasteiger partial charge in [-0.15, -0.1) is 0 Å². The molecular weight excluding hydrogens is 144 g/mol. The summed E-state index contributed by atoms with van der Waals surface area (Å²) >= 11 is 0. The van der Waals surface area contributed by atoms with Crippen LogP contribution in [-0.2, 0) is 14.3 Å². The lowest BCUT2D eigenvalue weighted by Crippen LogP contribution is -2.20. The van der Waals surface area contributed by atoms with E-state index in [1.807, 2.05) is 13.8 Å². The summed E-state index contributed by atoms with van der Waals surface area (Å²) in [6, 6.07) is 0. The van der Waals surface area contributed by atoms with Gasteiger partial charge in [-0.1, -0.05) is 13.8 Å². The molecule has 0 spiro atoms. The average Bonchev–Trinajstić information content (AvgIpc) is 2.59. The molecule has 1 heterocycles. The van der Waals surface area contributed by atoms with Crippen molar-refractivity contribution in [3.63, 3.8) is 0 Å². The van der Waals surface area contributed by atoms with Crippen LogP contribution in [0.15, 0.2) is 0 Å². The van der Waals surface area contributed by atoms with E-state index in [2.05, 4.69) is 4.74 Å². The third kappa shape index (κ3) is 3.37. The monoisotopic (exact) mass is 160 g/mol. The second-order valence-corrected chi connectivity index (χ2v) is 2.02. The average molecular weight is 160 g/mol. The highest BCUT2D eigenvalue weighted by atomic mass is 16.6. The molecule has 11 heavy (non-hydrogen) atoms. The smallest absolute Gasteiger partial charge is 0.334 e. The van der Waals surface area contributed by atoms with Gasteiger partial charge in [-0.2, -0.15) is 0 Å². The van der Waals surface area contributed by atoms with Gasteiger partial charge in [0, 0.05) is 6.61 Å². The van der Waals surface area contributed by atoms with Crippen LogP contribution in [0.2, 0.25) is 0 Å². The van der Waals surface area contributed by atoms with E-state index in [4.69, 9.17) is 4.74 Å². The molecule has 3 nitrogen and oxygen atoms in total. The van der Waals surface area contributed by atoms with Gasteiger partial charge in [-0.25, -0.2) is 4.79 Å². The molecule has 0 saturated carbocycles. The molecule has 1 atom stereocenters. The lowest BCUT2D eigenvalue weighted by Gasteiger charge is -2.04. The zero-order valence-corrected chi connectivity index (χ0v) is 7.42. The summed E-state index contributed by atoms with van der Waals surface area (Å²) in [4.78, 5) is 10.7. The first-order chi connectivity index (χ1) is 5.34. The van der Waals surface area contributed by atoms with Gasteiger partial charge in [-0.3, -0.25) is 0 Å². The minimum Gasteiger partial charge on any atom is -0.467 e. The third-order valence-corrected chi connectivity index (χ3v) is 1.39. The van der Waals surface area contributed by atoms with Crippen molar-refractivity contribution in [1.29, 1.82) is 0 Å². The van der Waals surface area contributed by atoms with Crippen molar-refractivity contribution in [2.24, 2.45) is 0 Å². The predicted octanol–water partition coefficient (Wildman–Crippen LogP) is 1.36. The third-order valence-electron chi connectivity index (χ3n) is 1.39. The van der Waals surface area contributed by atoms with Crippen LogP contribution in [0.5, 0.6) is 0 Å². The van der Waals surface area contributed by atoms with E-state index in [9.17, 15) is 4.79 Å². The summed E-state index contributed by atoms with van der Waals surface area (Å²) in [5, 5.41) is 0. The first-order valence-corrected chi connectivity index (χ1v) is 4.04. The lowest BCUT2D eigenvalue weighted by molar-refractivity contribution is -0.151. The molecular formula is C8H16O3. The molecule has 0 amide bonds. The predicted molar refractivity (Wildman–Crippen MR) is 42.3 cm³/mol. The van der Waals surface area contributed by atoms with Crippen molar-refractivity contribution < 1.29 is 14.3 Å². The number of hydrogen-bond donors (Lipinski definition) is 0. The van der Waals surface area contributed by atoms with Gasteiger partial charge in [0.05, 0.1) is 7.11 Å². The van der Waals surface area contributed by atoms with Gasteiger partial charge in [0.15, 0.2) is 6.10 Å². The van der Waals surface area contributed by atoms with Crippen molar-refractivity contribution in [3.05, 3.63) is 0 Å². The quantitative estimate of drug-likeness (QED) is 0.543. The summed E-state index contributed by atoms with van der Waals surface area (Å²) in [6.45, 7) is 4.69. The maximum Gasteiger partial charge on any atom is 0.334 e. The molecule has 0 aromatic carbocycles. The van der Waals surface area contributed by atoms with E-state index in [0.29, 0.717) is 6.61 Å². The van der Waals surface area contributed by atoms with E-state index >= 15 is 0 Å². The minimum atomic E-state index is -0.282. The largest absolute Gasteiger partial charge is 0.467 e. The normalized spacial score (nSPS) is 21.9. The molecule has 1 saturated heterocycles. The molecule has 1 unspecified atom stereocenters. The fraction of sp³-hybridized carbons (Fsp3) is 0.875. The van der Waals surface area contributed by atoms with E-state index in [0.717, 1.165) is 12.8 Å². The molecule has 1 rings (SSSR count). The number of esters is 1. The second-order valence-electron chi connectivity index (χ2n) is 2.02. The summed E-state index contributed by atoms with van der Waals surface area (Å²) in [5.74, 6) is -0.243. The maximum atomic E-state index is 10.7. The standard InChI is InChI=1S/C6H10O3.C2H6/c1-8-6(7)5-3-2-4-9-5;1-2/h5H,2-4H2,1H3;1-2H3. The van der Waals surface area contributed by atoms with E-state index in [-0.39, 0.29) is 12.1 Å². The Balaban J connectivity index is 0.000000461. The molecule has 1 aliphatic rings. The van der Waals surface area contributed by atoms with Gasteiger partial charge in [0.2, 0.25) is 0 Å². The summed E-state index contributed by atoms with van der Waals surface area (Å²) in [6.07, 6.45) is 1.50. The van der Waals surface area contributed by atoms with Crippen molar-refractivity contribution >= 4 is 5.97 Å². The van der Waals surface area contributed by atoms with Crippen molar-refractivity contribution in [1.82, 2.24) is 0 Å². The van der Waals surface area contributed by atoms with Crippen molar-refractivity contribution in [2.75, 3.05) is 13.7 Å².